The maximum atomic E-state index is 12.1. The molecule has 106 valence electrons. The number of hydrogen-bond acceptors (Lipinski definition) is 3. The largest absolute Gasteiger partial charge is 0.351 e. The number of nitrogens with one attached hydrogen (secondary N) is 1. The summed E-state index contributed by atoms with van der Waals surface area (Å²) < 4.78 is 0.0265. The Morgan fingerprint density at radius 1 is 1.47 bits per heavy atom. The summed E-state index contributed by atoms with van der Waals surface area (Å²) in [4.78, 5) is 16.3. The molecule has 0 unspecified atom stereocenters. The van der Waals surface area contributed by atoms with E-state index in [0.29, 0.717) is 17.3 Å². The average molecular weight is 301 g/mol. The summed E-state index contributed by atoms with van der Waals surface area (Å²) in [6.07, 6.45) is 3.85. The second kappa shape index (κ2) is 7.15. The molecule has 0 spiro atoms. The quantitative estimate of drug-likeness (QED) is 0.817. The molecule has 0 aliphatic heterocycles. The summed E-state index contributed by atoms with van der Waals surface area (Å²) >= 11 is 7.68. The molecule has 1 N–H and O–H groups in total. The Hall–Kier alpha value is -0.740. The van der Waals surface area contributed by atoms with Gasteiger partial charge in [0.25, 0.3) is 5.91 Å². The van der Waals surface area contributed by atoms with E-state index in [1.54, 1.807) is 17.8 Å². The Morgan fingerprint density at radius 2 is 2.16 bits per heavy atom. The highest BCUT2D eigenvalue weighted by molar-refractivity contribution is 7.99. The van der Waals surface area contributed by atoms with Crippen LogP contribution in [0.5, 0.6) is 0 Å². The lowest BCUT2D eigenvalue weighted by Gasteiger charge is -2.22. The smallest absolute Gasteiger partial charge is 0.251 e. The van der Waals surface area contributed by atoms with Crippen LogP contribution in [0.25, 0.3) is 0 Å². The minimum atomic E-state index is -0.0937. The van der Waals surface area contributed by atoms with Crippen LogP contribution in [0.2, 0.25) is 5.15 Å². The fourth-order valence-corrected chi connectivity index (χ4v) is 1.98. The molecular formula is C14H21ClN2OS. The molecule has 3 nitrogen and oxygen atoms in total. The molecule has 0 aliphatic rings. The van der Waals surface area contributed by atoms with Crippen LogP contribution in [-0.4, -0.2) is 28.4 Å². The molecular weight excluding hydrogens is 280 g/mol. The monoisotopic (exact) mass is 300 g/mol. The number of nitrogens with zero attached hydrogens (tertiary/aromatic N) is 1. The van der Waals surface area contributed by atoms with Crippen molar-refractivity contribution >= 4 is 29.3 Å². The summed E-state index contributed by atoms with van der Waals surface area (Å²) in [6, 6.07) is 3.43. The van der Waals surface area contributed by atoms with Gasteiger partial charge in [0.1, 0.15) is 5.15 Å². The molecule has 0 bridgehead atoms. The highest BCUT2D eigenvalue weighted by atomic mass is 35.5. The van der Waals surface area contributed by atoms with Crippen molar-refractivity contribution in [3.8, 4) is 0 Å². The summed E-state index contributed by atoms with van der Waals surface area (Å²) in [5.74, 6) is -0.0937. The molecule has 1 heterocycles. The Balaban J connectivity index is 2.76. The summed E-state index contributed by atoms with van der Waals surface area (Å²) in [5.41, 5.74) is 1.45. The number of rotatable bonds is 6. The minimum Gasteiger partial charge on any atom is -0.351 e. The molecule has 1 amide bonds. The van der Waals surface area contributed by atoms with Crippen molar-refractivity contribution in [3.63, 3.8) is 0 Å². The van der Waals surface area contributed by atoms with E-state index in [0.717, 1.165) is 18.5 Å². The van der Waals surface area contributed by atoms with Gasteiger partial charge in [-0.1, -0.05) is 24.9 Å². The Morgan fingerprint density at radius 3 is 2.74 bits per heavy atom. The maximum absolute atomic E-state index is 12.1. The summed E-state index contributed by atoms with van der Waals surface area (Å²) in [6.45, 7) is 6.89. The first kappa shape index (κ1) is 16.3. The van der Waals surface area contributed by atoms with Crippen molar-refractivity contribution in [1.29, 1.82) is 0 Å². The van der Waals surface area contributed by atoms with E-state index in [-0.39, 0.29) is 10.7 Å². The van der Waals surface area contributed by atoms with E-state index in [2.05, 4.69) is 31.1 Å². The van der Waals surface area contributed by atoms with E-state index in [1.807, 2.05) is 12.3 Å². The predicted molar refractivity (Wildman–Crippen MR) is 83.2 cm³/mol. The Bertz CT molecular complexity index is 449. The van der Waals surface area contributed by atoms with Crippen LogP contribution in [0.3, 0.4) is 0 Å². The van der Waals surface area contributed by atoms with E-state index in [9.17, 15) is 4.79 Å². The molecule has 0 fully saturated rings. The zero-order valence-electron chi connectivity index (χ0n) is 11.9. The van der Waals surface area contributed by atoms with E-state index >= 15 is 0 Å². The second-order valence-electron chi connectivity index (χ2n) is 5.07. The summed E-state index contributed by atoms with van der Waals surface area (Å²) in [7, 11) is 0. The number of aromatic nitrogens is 1. The van der Waals surface area contributed by atoms with Gasteiger partial charge < -0.3 is 5.32 Å². The predicted octanol–water partition coefficient (Wildman–Crippen LogP) is 3.56. The lowest BCUT2D eigenvalue weighted by atomic mass is 10.1. The van der Waals surface area contributed by atoms with Crippen molar-refractivity contribution in [1.82, 2.24) is 10.3 Å². The van der Waals surface area contributed by atoms with Crippen molar-refractivity contribution in [3.05, 3.63) is 28.5 Å². The molecule has 0 radical (unpaired) electrons. The molecule has 1 aromatic rings. The molecule has 0 saturated carbocycles. The fraction of sp³-hybridized carbons (Fsp3) is 0.571. The van der Waals surface area contributed by atoms with Crippen molar-refractivity contribution in [2.24, 2.45) is 0 Å². The zero-order chi connectivity index (χ0) is 14.5. The number of aryl methyl sites for hydroxylation is 1. The van der Waals surface area contributed by atoms with Gasteiger partial charge >= 0.3 is 0 Å². The van der Waals surface area contributed by atoms with Crippen molar-refractivity contribution < 1.29 is 4.79 Å². The van der Waals surface area contributed by atoms with E-state index < -0.39 is 0 Å². The van der Waals surface area contributed by atoms with Gasteiger partial charge in [-0.3, -0.25) is 4.79 Å². The van der Waals surface area contributed by atoms with Gasteiger partial charge in [0.05, 0.1) is 0 Å². The number of thioether (sulfide) groups is 1. The normalized spacial score (nSPS) is 11.4. The highest BCUT2D eigenvalue weighted by Crippen LogP contribution is 2.20. The number of halogens is 1. The van der Waals surface area contributed by atoms with Gasteiger partial charge in [0.2, 0.25) is 0 Å². The van der Waals surface area contributed by atoms with Gasteiger partial charge in [-0.15, -0.1) is 0 Å². The van der Waals surface area contributed by atoms with Crippen LogP contribution in [0.4, 0.5) is 0 Å². The molecule has 19 heavy (non-hydrogen) atoms. The number of pyridine rings is 1. The first-order valence-electron chi connectivity index (χ1n) is 6.38. The van der Waals surface area contributed by atoms with Gasteiger partial charge in [-0.2, -0.15) is 11.8 Å². The summed E-state index contributed by atoms with van der Waals surface area (Å²) in [5, 5.41) is 3.32. The van der Waals surface area contributed by atoms with Crippen LogP contribution in [0, 0.1) is 0 Å². The third kappa shape index (κ3) is 5.41. The third-order valence-electron chi connectivity index (χ3n) is 2.84. The van der Waals surface area contributed by atoms with E-state index in [4.69, 9.17) is 11.6 Å². The van der Waals surface area contributed by atoms with Crippen LogP contribution < -0.4 is 5.32 Å². The molecule has 0 atom stereocenters. The molecule has 0 aliphatic carbocycles. The lowest BCUT2D eigenvalue weighted by Crippen LogP contribution is -2.36. The number of amides is 1. The van der Waals surface area contributed by atoms with Gasteiger partial charge in [0.15, 0.2) is 0 Å². The number of hydrogen-bond donors (Lipinski definition) is 1. The number of carbonyl (C=O) groups excluding carboxylic acids is 1. The zero-order valence-corrected chi connectivity index (χ0v) is 13.5. The van der Waals surface area contributed by atoms with Crippen molar-refractivity contribution in [2.75, 3.05) is 12.8 Å². The van der Waals surface area contributed by atoms with Crippen LogP contribution in [0.1, 0.15) is 43.2 Å². The molecule has 1 rings (SSSR count). The van der Waals surface area contributed by atoms with Crippen LogP contribution in [0.15, 0.2) is 12.1 Å². The Kier molecular flexibility index (Phi) is 6.14. The molecule has 1 aromatic heterocycles. The Labute approximate surface area is 124 Å². The van der Waals surface area contributed by atoms with Gasteiger partial charge in [-0.05, 0) is 38.7 Å². The number of carbonyl (C=O) groups is 1. The first-order valence-corrected chi connectivity index (χ1v) is 7.98. The third-order valence-corrected chi connectivity index (χ3v) is 4.29. The second-order valence-corrected chi connectivity index (χ2v) is 6.97. The maximum Gasteiger partial charge on any atom is 0.251 e. The SMILES string of the molecule is CCCc1cc(C(=O)NCC(C)(C)SC)cc(Cl)n1. The highest BCUT2D eigenvalue weighted by Gasteiger charge is 2.18. The van der Waals surface area contributed by atoms with Crippen molar-refractivity contribution in [2.45, 2.75) is 38.4 Å². The fourth-order valence-electron chi connectivity index (χ4n) is 1.53. The topological polar surface area (TPSA) is 42.0 Å². The molecule has 0 aromatic carbocycles. The lowest BCUT2D eigenvalue weighted by molar-refractivity contribution is 0.0950. The molecule has 0 saturated heterocycles. The molecule has 5 heteroatoms. The van der Waals surface area contributed by atoms with Gasteiger partial charge in [0, 0.05) is 22.5 Å². The van der Waals surface area contributed by atoms with Crippen LogP contribution >= 0.6 is 23.4 Å². The average Bonchev–Trinajstić information content (AvgIpc) is 2.36. The minimum absolute atomic E-state index is 0.0265. The standard InChI is InChI=1S/C14H21ClN2OS/c1-5-6-11-7-10(8-12(15)17-11)13(18)16-9-14(2,3)19-4/h7-8H,5-6,9H2,1-4H3,(H,16,18). The van der Waals surface area contributed by atoms with Crippen LogP contribution in [-0.2, 0) is 6.42 Å². The van der Waals surface area contributed by atoms with Gasteiger partial charge in [-0.25, -0.2) is 4.98 Å². The first-order chi connectivity index (χ1) is 8.88. The van der Waals surface area contributed by atoms with E-state index in [1.165, 1.54) is 0 Å².